The zero-order chi connectivity index (χ0) is 11.4. The van der Waals surface area contributed by atoms with Crippen molar-refractivity contribution in [3.8, 4) is 0 Å². The van der Waals surface area contributed by atoms with Crippen LogP contribution in [0.1, 0.15) is 24.5 Å². The summed E-state index contributed by atoms with van der Waals surface area (Å²) in [4.78, 5) is 8.36. The molecule has 0 radical (unpaired) electrons. The number of pyridine rings is 1. The average molecular weight is 282 g/mol. The van der Waals surface area contributed by atoms with Gasteiger partial charge < -0.3 is 5.32 Å². The topological polar surface area (TPSA) is 66.5 Å². The molecule has 84 valence electrons. The quantitative estimate of drug-likeness (QED) is 0.897. The van der Waals surface area contributed by atoms with E-state index in [9.17, 15) is 0 Å². The van der Waals surface area contributed by atoms with Crippen molar-refractivity contribution in [3.05, 3.63) is 40.6 Å². The number of hydrogen-bond donors (Lipinski definition) is 2. The summed E-state index contributed by atoms with van der Waals surface area (Å²) in [5.74, 6) is 0.831. The Labute approximate surface area is 102 Å². The van der Waals surface area contributed by atoms with Gasteiger partial charge in [0, 0.05) is 17.2 Å². The fraction of sp³-hybridized carbons (Fsp3) is 0.300. The van der Waals surface area contributed by atoms with Gasteiger partial charge in [0.2, 0.25) is 0 Å². The molecule has 2 heterocycles. The molecule has 0 aliphatic carbocycles. The Kier molecular flexibility index (Phi) is 3.63. The van der Waals surface area contributed by atoms with E-state index >= 15 is 0 Å². The second kappa shape index (κ2) is 5.18. The molecule has 1 atom stereocenters. The maximum Gasteiger partial charge on any atom is 0.141 e. The van der Waals surface area contributed by atoms with Crippen LogP contribution in [-0.2, 0) is 6.54 Å². The van der Waals surface area contributed by atoms with Crippen molar-refractivity contribution in [2.24, 2.45) is 0 Å². The molecule has 0 aliphatic heterocycles. The molecule has 2 rings (SSSR count). The number of hydrogen-bond acceptors (Lipinski definition) is 4. The molecular weight excluding hydrogens is 270 g/mol. The fourth-order valence-corrected chi connectivity index (χ4v) is 1.52. The van der Waals surface area contributed by atoms with Crippen molar-refractivity contribution >= 4 is 15.9 Å². The van der Waals surface area contributed by atoms with Gasteiger partial charge in [0.25, 0.3) is 0 Å². The van der Waals surface area contributed by atoms with Gasteiger partial charge in [-0.15, -0.1) is 0 Å². The molecule has 2 aromatic heterocycles. The van der Waals surface area contributed by atoms with E-state index < -0.39 is 0 Å². The lowest BCUT2D eigenvalue weighted by molar-refractivity contribution is 0.542. The van der Waals surface area contributed by atoms with E-state index in [1.165, 1.54) is 6.33 Å². The minimum atomic E-state index is 0.132. The van der Waals surface area contributed by atoms with Crippen LogP contribution >= 0.6 is 15.9 Å². The Morgan fingerprint density at radius 2 is 2.31 bits per heavy atom. The smallest absolute Gasteiger partial charge is 0.141 e. The van der Waals surface area contributed by atoms with Gasteiger partial charge in [-0.2, -0.15) is 5.10 Å². The zero-order valence-corrected chi connectivity index (χ0v) is 10.4. The first kappa shape index (κ1) is 11.2. The van der Waals surface area contributed by atoms with Crippen molar-refractivity contribution in [2.75, 3.05) is 0 Å². The predicted octanol–water partition coefficient (Wildman–Crippen LogP) is 1.81. The zero-order valence-electron chi connectivity index (χ0n) is 8.81. The van der Waals surface area contributed by atoms with Crippen LogP contribution in [0.5, 0.6) is 0 Å². The minimum absolute atomic E-state index is 0.132. The van der Waals surface area contributed by atoms with Crippen LogP contribution in [0.2, 0.25) is 0 Å². The molecule has 6 heteroatoms. The average Bonchev–Trinajstić information content (AvgIpc) is 2.81. The summed E-state index contributed by atoms with van der Waals surface area (Å²) in [6, 6.07) is 4.08. The lowest BCUT2D eigenvalue weighted by Gasteiger charge is -2.10. The van der Waals surface area contributed by atoms with Crippen LogP contribution in [0.15, 0.2) is 29.1 Å². The van der Waals surface area contributed by atoms with E-state index in [1.54, 1.807) is 6.20 Å². The molecule has 0 aromatic carbocycles. The highest BCUT2D eigenvalue weighted by molar-refractivity contribution is 9.10. The standard InChI is InChI=1S/C10H12BrN5/c1-7(10-14-6-15-16-10)12-5-9-3-2-8(11)4-13-9/h2-4,6-7,12H,5H2,1H3,(H,14,15,16). The maximum absolute atomic E-state index is 4.28. The number of halogens is 1. The Hall–Kier alpha value is -1.27. The fourth-order valence-electron chi connectivity index (χ4n) is 1.29. The number of nitrogens with one attached hydrogen (secondary N) is 2. The molecule has 0 spiro atoms. The van der Waals surface area contributed by atoms with Gasteiger partial charge in [0.1, 0.15) is 12.2 Å². The van der Waals surface area contributed by atoms with Crippen molar-refractivity contribution in [1.29, 1.82) is 0 Å². The first-order valence-electron chi connectivity index (χ1n) is 4.95. The summed E-state index contributed by atoms with van der Waals surface area (Å²) < 4.78 is 0.986. The Balaban J connectivity index is 1.90. The Morgan fingerprint density at radius 3 is 2.94 bits per heavy atom. The molecule has 0 fully saturated rings. The molecule has 2 N–H and O–H groups in total. The van der Waals surface area contributed by atoms with Crippen LogP contribution in [0.25, 0.3) is 0 Å². The summed E-state index contributed by atoms with van der Waals surface area (Å²) in [7, 11) is 0. The first-order valence-corrected chi connectivity index (χ1v) is 5.74. The molecule has 2 aromatic rings. The van der Waals surface area contributed by atoms with E-state index in [0.29, 0.717) is 6.54 Å². The van der Waals surface area contributed by atoms with E-state index in [4.69, 9.17) is 0 Å². The van der Waals surface area contributed by atoms with Gasteiger partial charge >= 0.3 is 0 Å². The third kappa shape index (κ3) is 2.86. The lowest BCUT2D eigenvalue weighted by Crippen LogP contribution is -2.19. The number of aromatic nitrogens is 4. The predicted molar refractivity (Wildman–Crippen MR) is 63.6 cm³/mol. The van der Waals surface area contributed by atoms with E-state index in [-0.39, 0.29) is 6.04 Å². The second-order valence-electron chi connectivity index (χ2n) is 3.44. The summed E-state index contributed by atoms with van der Waals surface area (Å²) in [5.41, 5.74) is 0.995. The van der Waals surface area contributed by atoms with Crippen LogP contribution in [0.3, 0.4) is 0 Å². The number of aromatic amines is 1. The van der Waals surface area contributed by atoms with E-state index in [2.05, 4.69) is 41.4 Å². The van der Waals surface area contributed by atoms with Crippen molar-refractivity contribution in [3.63, 3.8) is 0 Å². The van der Waals surface area contributed by atoms with Gasteiger partial charge in [-0.25, -0.2) is 4.98 Å². The summed E-state index contributed by atoms with van der Waals surface area (Å²) in [6.07, 6.45) is 3.29. The van der Waals surface area contributed by atoms with Gasteiger partial charge in [0.15, 0.2) is 0 Å². The second-order valence-corrected chi connectivity index (χ2v) is 4.36. The van der Waals surface area contributed by atoms with Gasteiger partial charge in [-0.3, -0.25) is 10.1 Å². The molecule has 0 bridgehead atoms. The highest BCUT2D eigenvalue weighted by atomic mass is 79.9. The summed E-state index contributed by atoms with van der Waals surface area (Å²) >= 11 is 3.35. The number of nitrogens with zero attached hydrogens (tertiary/aromatic N) is 3. The maximum atomic E-state index is 4.28. The van der Waals surface area contributed by atoms with Gasteiger partial charge in [-0.1, -0.05) is 0 Å². The Morgan fingerprint density at radius 1 is 1.44 bits per heavy atom. The van der Waals surface area contributed by atoms with Crippen LogP contribution in [-0.4, -0.2) is 20.2 Å². The minimum Gasteiger partial charge on any atom is -0.302 e. The molecule has 1 unspecified atom stereocenters. The molecule has 5 nitrogen and oxygen atoms in total. The Bertz CT molecular complexity index is 425. The molecule has 16 heavy (non-hydrogen) atoms. The normalized spacial score (nSPS) is 12.6. The number of H-pyrrole nitrogens is 1. The van der Waals surface area contributed by atoms with Gasteiger partial charge in [0.05, 0.1) is 11.7 Å². The highest BCUT2D eigenvalue weighted by Gasteiger charge is 2.07. The van der Waals surface area contributed by atoms with E-state index in [1.807, 2.05) is 19.1 Å². The van der Waals surface area contributed by atoms with Crippen LogP contribution in [0.4, 0.5) is 0 Å². The van der Waals surface area contributed by atoms with Crippen molar-refractivity contribution in [2.45, 2.75) is 19.5 Å². The SMILES string of the molecule is CC(NCc1ccc(Br)cn1)c1ncn[nH]1. The summed E-state index contributed by atoms with van der Waals surface area (Å²) in [6.45, 7) is 2.73. The molecule has 0 amide bonds. The third-order valence-corrected chi connectivity index (χ3v) is 2.69. The van der Waals surface area contributed by atoms with Crippen molar-refractivity contribution in [1.82, 2.24) is 25.5 Å². The third-order valence-electron chi connectivity index (χ3n) is 2.22. The molecular formula is C10H12BrN5. The molecule has 0 saturated heterocycles. The number of rotatable bonds is 4. The monoisotopic (exact) mass is 281 g/mol. The summed E-state index contributed by atoms with van der Waals surface area (Å²) in [5, 5.41) is 9.95. The van der Waals surface area contributed by atoms with Gasteiger partial charge in [-0.05, 0) is 35.0 Å². The lowest BCUT2D eigenvalue weighted by atomic mass is 10.3. The van der Waals surface area contributed by atoms with Crippen molar-refractivity contribution < 1.29 is 0 Å². The molecule has 0 aliphatic rings. The molecule has 0 saturated carbocycles. The van der Waals surface area contributed by atoms with Crippen LogP contribution < -0.4 is 5.32 Å². The largest absolute Gasteiger partial charge is 0.302 e. The van der Waals surface area contributed by atoms with Crippen LogP contribution in [0, 0.1) is 0 Å². The first-order chi connectivity index (χ1) is 7.75. The van der Waals surface area contributed by atoms with E-state index in [0.717, 1.165) is 16.0 Å². The highest BCUT2D eigenvalue weighted by Crippen LogP contribution is 2.09.